The molecule has 6 heteroatoms. The number of rotatable bonds is 2. The molecule has 1 saturated heterocycles. The van der Waals surface area contributed by atoms with Gasteiger partial charge in [0, 0.05) is 36.5 Å². The number of hydrogen-bond acceptors (Lipinski definition) is 4. The Morgan fingerprint density at radius 2 is 1.95 bits per heavy atom. The van der Waals surface area contributed by atoms with E-state index in [-0.39, 0.29) is 12.0 Å². The van der Waals surface area contributed by atoms with Gasteiger partial charge in [-0.3, -0.25) is 9.78 Å². The highest BCUT2D eigenvalue weighted by atomic mass is 16.6. The standard InChI is InChI=1S/C16H23N3O3/c1-16(2,3)22-15(21)19-8-5-11(6-9-19)13-10-12(14(17)20)4-7-18-13/h4,7,10-11H,5-6,8-9H2,1-3H3,(H2,17,20). The van der Waals surface area contributed by atoms with Crippen molar-refractivity contribution in [3.8, 4) is 0 Å². The van der Waals surface area contributed by atoms with Gasteiger partial charge >= 0.3 is 6.09 Å². The third kappa shape index (κ3) is 4.19. The minimum atomic E-state index is -0.481. The Morgan fingerprint density at radius 3 is 2.50 bits per heavy atom. The maximum atomic E-state index is 12.0. The van der Waals surface area contributed by atoms with E-state index in [0.717, 1.165) is 18.5 Å². The number of hydrogen-bond donors (Lipinski definition) is 1. The second-order valence-electron chi connectivity index (χ2n) is 6.58. The molecule has 2 rings (SSSR count). The second-order valence-corrected chi connectivity index (χ2v) is 6.58. The molecular weight excluding hydrogens is 282 g/mol. The van der Waals surface area contributed by atoms with Crippen LogP contribution in [0.2, 0.25) is 0 Å². The summed E-state index contributed by atoms with van der Waals surface area (Å²) >= 11 is 0. The van der Waals surface area contributed by atoms with Crippen molar-refractivity contribution in [2.75, 3.05) is 13.1 Å². The van der Waals surface area contributed by atoms with Crippen molar-refractivity contribution in [3.05, 3.63) is 29.6 Å². The van der Waals surface area contributed by atoms with Gasteiger partial charge in [0.15, 0.2) is 0 Å². The number of amides is 2. The third-order valence-corrected chi connectivity index (χ3v) is 3.63. The molecule has 2 heterocycles. The Labute approximate surface area is 130 Å². The van der Waals surface area contributed by atoms with E-state index in [1.54, 1.807) is 23.2 Å². The summed E-state index contributed by atoms with van der Waals surface area (Å²) in [6.07, 6.45) is 2.93. The van der Waals surface area contributed by atoms with Gasteiger partial charge in [0.05, 0.1) is 0 Å². The van der Waals surface area contributed by atoms with Crippen LogP contribution in [0.3, 0.4) is 0 Å². The van der Waals surface area contributed by atoms with Crippen LogP contribution >= 0.6 is 0 Å². The van der Waals surface area contributed by atoms with Gasteiger partial charge < -0.3 is 15.4 Å². The molecule has 0 unspecified atom stereocenters. The van der Waals surface area contributed by atoms with Gasteiger partial charge in [-0.1, -0.05) is 0 Å². The van der Waals surface area contributed by atoms with Crippen LogP contribution in [-0.4, -0.2) is 40.6 Å². The minimum absolute atomic E-state index is 0.234. The van der Waals surface area contributed by atoms with E-state index in [0.29, 0.717) is 18.7 Å². The van der Waals surface area contributed by atoms with Gasteiger partial charge in [-0.05, 0) is 45.7 Å². The topological polar surface area (TPSA) is 85.5 Å². The molecule has 1 aromatic rings. The van der Waals surface area contributed by atoms with Crippen LogP contribution in [0, 0.1) is 0 Å². The molecule has 2 N–H and O–H groups in total. The van der Waals surface area contributed by atoms with E-state index in [4.69, 9.17) is 10.5 Å². The van der Waals surface area contributed by atoms with E-state index in [1.807, 2.05) is 20.8 Å². The van der Waals surface area contributed by atoms with E-state index in [1.165, 1.54) is 0 Å². The quantitative estimate of drug-likeness (QED) is 0.908. The maximum absolute atomic E-state index is 12.0. The molecule has 1 fully saturated rings. The first kappa shape index (κ1) is 16.3. The summed E-state index contributed by atoms with van der Waals surface area (Å²) in [6.45, 7) is 6.83. The summed E-state index contributed by atoms with van der Waals surface area (Å²) in [6, 6.07) is 3.36. The molecule has 0 bridgehead atoms. The smallest absolute Gasteiger partial charge is 0.410 e. The number of piperidine rings is 1. The SMILES string of the molecule is CC(C)(C)OC(=O)N1CCC(c2cc(C(N)=O)ccn2)CC1. The summed E-state index contributed by atoms with van der Waals surface area (Å²) in [5.74, 6) is -0.215. The van der Waals surface area contributed by atoms with Gasteiger partial charge in [0.25, 0.3) is 0 Å². The zero-order chi connectivity index (χ0) is 16.3. The largest absolute Gasteiger partial charge is 0.444 e. The number of carbonyl (C=O) groups excluding carboxylic acids is 2. The molecule has 22 heavy (non-hydrogen) atoms. The number of ether oxygens (including phenoxy) is 1. The monoisotopic (exact) mass is 305 g/mol. The highest BCUT2D eigenvalue weighted by Gasteiger charge is 2.28. The van der Waals surface area contributed by atoms with E-state index >= 15 is 0 Å². The van der Waals surface area contributed by atoms with Gasteiger partial charge in [-0.2, -0.15) is 0 Å². The molecule has 1 aliphatic heterocycles. The summed E-state index contributed by atoms with van der Waals surface area (Å²) in [5.41, 5.74) is 6.15. The molecule has 0 atom stereocenters. The van der Waals surface area contributed by atoms with Crippen LogP contribution in [0.15, 0.2) is 18.3 Å². The molecule has 1 aromatic heterocycles. The van der Waals surface area contributed by atoms with Crippen LogP contribution < -0.4 is 5.73 Å². The Balaban J connectivity index is 1.96. The summed E-state index contributed by atoms with van der Waals surface area (Å²) in [5, 5.41) is 0. The van der Waals surface area contributed by atoms with Crippen molar-refractivity contribution in [1.82, 2.24) is 9.88 Å². The van der Waals surface area contributed by atoms with Crippen LogP contribution in [-0.2, 0) is 4.74 Å². The molecule has 0 saturated carbocycles. The highest BCUT2D eigenvalue weighted by molar-refractivity contribution is 5.92. The van der Waals surface area contributed by atoms with Gasteiger partial charge in [-0.25, -0.2) is 4.79 Å². The third-order valence-electron chi connectivity index (χ3n) is 3.63. The average Bonchev–Trinajstić information content (AvgIpc) is 2.46. The van der Waals surface area contributed by atoms with E-state index < -0.39 is 11.5 Å². The first-order valence-electron chi connectivity index (χ1n) is 7.50. The number of pyridine rings is 1. The summed E-state index contributed by atoms with van der Waals surface area (Å²) in [7, 11) is 0. The number of nitrogens with two attached hydrogens (primary N) is 1. The molecule has 0 aliphatic carbocycles. The first-order valence-corrected chi connectivity index (χ1v) is 7.50. The predicted molar refractivity (Wildman–Crippen MR) is 82.5 cm³/mol. The van der Waals surface area contributed by atoms with Gasteiger partial charge in [0.1, 0.15) is 5.60 Å². The lowest BCUT2D eigenvalue weighted by Crippen LogP contribution is -2.41. The molecule has 2 amide bonds. The van der Waals surface area contributed by atoms with Crippen molar-refractivity contribution < 1.29 is 14.3 Å². The molecule has 120 valence electrons. The average molecular weight is 305 g/mol. The molecule has 1 aliphatic rings. The number of aromatic nitrogens is 1. The number of primary amides is 1. The van der Waals surface area contributed by atoms with Gasteiger partial charge in [0.2, 0.25) is 5.91 Å². The molecule has 0 spiro atoms. The fraction of sp³-hybridized carbons (Fsp3) is 0.562. The Kier molecular flexibility index (Phi) is 4.68. The van der Waals surface area contributed by atoms with Crippen LogP contribution in [0.5, 0.6) is 0 Å². The highest BCUT2D eigenvalue weighted by Crippen LogP contribution is 2.27. The molecule has 6 nitrogen and oxygen atoms in total. The predicted octanol–water partition coefficient (Wildman–Crippen LogP) is 2.30. The second kappa shape index (κ2) is 6.34. The van der Waals surface area contributed by atoms with Crippen LogP contribution in [0.25, 0.3) is 0 Å². The van der Waals surface area contributed by atoms with Gasteiger partial charge in [-0.15, -0.1) is 0 Å². The number of likely N-dealkylation sites (tertiary alicyclic amines) is 1. The molecular formula is C16H23N3O3. The van der Waals surface area contributed by atoms with Crippen molar-refractivity contribution in [3.63, 3.8) is 0 Å². The lowest BCUT2D eigenvalue weighted by Gasteiger charge is -2.33. The summed E-state index contributed by atoms with van der Waals surface area (Å²) in [4.78, 5) is 29.3. The van der Waals surface area contributed by atoms with E-state index in [9.17, 15) is 9.59 Å². The normalized spacial score (nSPS) is 16.4. The lowest BCUT2D eigenvalue weighted by atomic mass is 9.92. The summed E-state index contributed by atoms with van der Waals surface area (Å²) < 4.78 is 5.38. The van der Waals surface area contributed by atoms with Crippen molar-refractivity contribution >= 4 is 12.0 Å². The Hall–Kier alpha value is -2.11. The zero-order valence-electron chi connectivity index (χ0n) is 13.3. The van der Waals surface area contributed by atoms with Crippen LogP contribution in [0.1, 0.15) is 55.6 Å². The van der Waals surface area contributed by atoms with Crippen molar-refractivity contribution in [2.45, 2.75) is 45.1 Å². The molecule has 0 radical (unpaired) electrons. The first-order chi connectivity index (χ1) is 10.3. The fourth-order valence-corrected chi connectivity index (χ4v) is 2.51. The minimum Gasteiger partial charge on any atom is -0.444 e. The van der Waals surface area contributed by atoms with E-state index in [2.05, 4.69) is 4.98 Å². The fourth-order valence-electron chi connectivity index (χ4n) is 2.51. The van der Waals surface area contributed by atoms with Crippen LogP contribution in [0.4, 0.5) is 4.79 Å². The van der Waals surface area contributed by atoms with Crippen molar-refractivity contribution in [2.24, 2.45) is 5.73 Å². The van der Waals surface area contributed by atoms with Crippen molar-refractivity contribution in [1.29, 1.82) is 0 Å². The maximum Gasteiger partial charge on any atom is 0.410 e. The number of carbonyl (C=O) groups is 2. The zero-order valence-corrected chi connectivity index (χ0v) is 13.3. The Bertz CT molecular complexity index is 558. The Morgan fingerprint density at radius 1 is 1.32 bits per heavy atom. The lowest BCUT2D eigenvalue weighted by molar-refractivity contribution is 0.0204. The number of nitrogens with zero attached hydrogens (tertiary/aromatic N) is 2. The molecule has 0 aromatic carbocycles.